The van der Waals surface area contributed by atoms with E-state index in [0.29, 0.717) is 0 Å². The Bertz CT molecular complexity index is 717. The van der Waals surface area contributed by atoms with E-state index in [1.54, 1.807) is 0 Å². The monoisotopic (exact) mass is 806 g/mol. The fourth-order valence-electron chi connectivity index (χ4n) is 2.81. The molecular formula is C22H30F6O6S2U+2. The normalized spacial score (nSPS) is 21.5. The molecule has 2 fully saturated rings. The van der Waals surface area contributed by atoms with E-state index >= 15 is 0 Å². The minimum Gasteiger partial charge on any atom is -0.741 e. The van der Waals surface area contributed by atoms with E-state index in [9.17, 15) is 26.3 Å². The average molecular weight is 807 g/mol. The fourth-order valence-corrected chi connectivity index (χ4v) is 2.81. The predicted molar refractivity (Wildman–Crippen MR) is 121 cm³/mol. The molecule has 2 aliphatic carbocycles. The van der Waals surface area contributed by atoms with E-state index in [1.165, 1.54) is 59.2 Å². The number of halogens is 6. The summed E-state index contributed by atoms with van der Waals surface area (Å²) in [6, 6.07) is 0. The van der Waals surface area contributed by atoms with Crippen molar-refractivity contribution in [3.05, 3.63) is 59.2 Å². The summed E-state index contributed by atoms with van der Waals surface area (Å²) in [4.78, 5) is 0. The van der Waals surface area contributed by atoms with Gasteiger partial charge in [0, 0.05) is 0 Å². The maximum absolute atomic E-state index is 10.7. The van der Waals surface area contributed by atoms with Crippen LogP contribution in [0.3, 0.4) is 0 Å². The molecule has 2 rings (SSSR count). The summed E-state index contributed by atoms with van der Waals surface area (Å²) in [7, 11) is -12.2. The Kier molecular flexibility index (Phi) is 17.5. The largest absolute Gasteiger partial charge is 4.00 e. The summed E-state index contributed by atoms with van der Waals surface area (Å²) in [6.45, 7) is 22.0. The minimum absolute atomic E-state index is 0. The molecule has 0 atom stereocenters. The molecule has 10 radical (unpaired) electrons. The van der Waals surface area contributed by atoms with Gasteiger partial charge in [-0.1, -0.05) is 69.2 Å². The van der Waals surface area contributed by atoms with Crippen LogP contribution in [0.4, 0.5) is 26.3 Å². The zero-order valence-corrected chi connectivity index (χ0v) is 27.8. The van der Waals surface area contributed by atoms with Crippen LogP contribution in [-0.4, -0.2) is 37.0 Å². The molecule has 210 valence electrons. The van der Waals surface area contributed by atoms with Crippen LogP contribution in [0.2, 0.25) is 0 Å². The molecule has 15 heteroatoms. The fraction of sp³-hybridized carbons (Fsp3) is 0.545. The summed E-state index contributed by atoms with van der Waals surface area (Å²) in [5, 5.41) is 0. The van der Waals surface area contributed by atoms with Gasteiger partial charge in [0.05, 0.1) is 0 Å². The Morgan fingerprint density at radius 3 is 0.486 bits per heavy atom. The van der Waals surface area contributed by atoms with Crippen molar-refractivity contribution < 1.29 is 83.4 Å². The molecule has 37 heavy (non-hydrogen) atoms. The van der Waals surface area contributed by atoms with Gasteiger partial charge in [-0.15, -0.1) is 0 Å². The Hall–Kier alpha value is 0.452. The number of rotatable bonds is 0. The third-order valence-electron chi connectivity index (χ3n) is 6.19. The van der Waals surface area contributed by atoms with Crippen molar-refractivity contribution in [2.24, 2.45) is 0 Å². The van der Waals surface area contributed by atoms with Gasteiger partial charge in [0.1, 0.15) is 0 Å². The van der Waals surface area contributed by atoms with Crippen molar-refractivity contribution >= 4 is 20.2 Å². The second-order valence-electron chi connectivity index (χ2n) is 8.05. The van der Waals surface area contributed by atoms with Crippen LogP contribution in [0.15, 0.2) is 0 Å². The summed E-state index contributed by atoms with van der Waals surface area (Å²) >= 11 is 0. The first-order valence-corrected chi connectivity index (χ1v) is 12.9. The van der Waals surface area contributed by atoms with Crippen LogP contribution < -0.4 is 0 Å². The van der Waals surface area contributed by atoms with Gasteiger partial charge in [0.2, 0.25) is 0 Å². The molecule has 2 aliphatic rings. The first-order chi connectivity index (χ1) is 15.6. The first kappa shape index (κ1) is 41.9. The maximum atomic E-state index is 10.7. The number of hydrogen-bond donors (Lipinski definition) is 0. The van der Waals surface area contributed by atoms with Gasteiger partial charge in [-0.25, -0.2) is 16.8 Å². The van der Waals surface area contributed by atoms with Gasteiger partial charge in [-0.3, -0.25) is 0 Å². The molecule has 0 bridgehead atoms. The van der Waals surface area contributed by atoms with Crippen molar-refractivity contribution in [3.8, 4) is 0 Å². The van der Waals surface area contributed by atoms with Crippen molar-refractivity contribution in [1.29, 1.82) is 0 Å². The Morgan fingerprint density at radius 2 is 0.459 bits per heavy atom. The van der Waals surface area contributed by atoms with E-state index in [4.69, 9.17) is 25.9 Å². The van der Waals surface area contributed by atoms with Crippen LogP contribution in [-0.2, 0) is 20.2 Å². The Balaban J connectivity index is -0.000000416. The third-order valence-corrected chi connectivity index (χ3v) is 7.33. The summed E-state index contributed by atoms with van der Waals surface area (Å²) < 4.78 is 118. The molecule has 0 aromatic carbocycles. The summed E-state index contributed by atoms with van der Waals surface area (Å²) in [5.74, 6) is 14.7. The first-order valence-electron chi connectivity index (χ1n) is 10.0. The summed E-state index contributed by atoms with van der Waals surface area (Å²) in [5.41, 5.74) is -11.3. The van der Waals surface area contributed by atoms with Gasteiger partial charge in [-0.05, 0) is 59.2 Å². The molecule has 0 aromatic rings. The van der Waals surface area contributed by atoms with Crippen LogP contribution in [0.25, 0.3) is 0 Å². The van der Waals surface area contributed by atoms with Crippen LogP contribution in [0, 0.1) is 90.3 Å². The second kappa shape index (κ2) is 15.5. The molecule has 0 heterocycles. The average Bonchev–Trinajstić information content (AvgIpc) is 2.96. The molecule has 0 aliphatic heterocycles. The maximum Gasteiger partial charge on any atom is 4.00 e. The topological polar surface area (TPSA) is 114 Å². The SMILES string of the molecule is C[C]1[C](C)[C](C)[C](C)[C]1C.C[C]1[C](C)[C](C)[C](C)[C]1C.O=S(=O)([O-])C(F)(F)F.O=S(=O)([O-])C(F)(F)F.[U+4]. The van der Waals surface area contributed by atoms with Gasteiger partial charge >= 0.3 is 42.1 Å². The molecule has 6 nitrogen and oxygen atoms in total. The second-order valence-corrected chi connectivity index (χ2v) is 10.8. The molecule has 0 aromatic heterocycles. The standard InChI is InChI=1S/2C10H15.2CHF3O3S.U/c2*1-6-7(2)9(4)10(5)8(6)3;2*2-1(3,4)8(5,6)7;/h2*1-5H3;2*(H,5,6,7);/q;;;;+4/p-2. The number of alkyl halides is 6. The molecule has 0 saturated heterocycles. The third kappa shape index (κ3) is 12.7. The number of hydrogen-bond acceptors (Lipinski definition) is 6. The minimum atomic E-state index is -6.09. The van der Waals surface area contributed by atoms with Crippen molar-refractivity contribution in [1.82, 2.24) is 0 Å². The van der Waals surface area contributed by atoms with Crippen molar-refractivity contribution in [2.45, 2.75) is 80.3 Å². The van der Waals surface area contributed by atoms with Crippen molar-refractivity contribution in [2.75, 3.05) is 0 Å². The van der Waals surface area contributed by atoms with Gasteiger partial charge in [0.25, 0.3) is 0 Å². The zero-order chi connectivity index (χ0) is 29.8. The van der Waals surface area contributed by atoms with E-state index in [2.05, 4.69) is 69.2 Å². The van der Waals surface area contributed by atoms with E-state index in [0.717, 1.165) is 0 Å². The van der Waals surface area contributed by atoms with Crippen LogP contribution in [0.1, 0.15) is 69.2 Å². The van der Waals surface area contributed by atoms with Crippen molar-refractivity contribution in [3.63, 3.8) is 0 Å². The van der Waals surface area contributed by atoms with Gasteiger partial charge < -0.3 is 9.11 Å². The molecular weight excluding hydrogens is 776 g/mol. The molecule has 0 N–H and O–H groups in total. The van der Waals surface area contributed by atoms with E-state index < -0.39 is 31.3 Å². The molecule has 0 amide bonds. The van der Waals surface area contributed by atoms with E-state index in [1.807, 2.05) is 0 Å². The molecule has 2 saturated carbocycles. The van der Waals surface area contributed by atoms with Crippen LogP contribution >= 0.6 is 0 Å². The Labute approximate surface area is 242 Å². The quantitative estimate of drug-likeness (QED) is 0.168. The smallest absolute Gasteiger partial charge is 0.741 e. The van der Waals surface area contributed by atoms with Gasteiger partial charge in [0.15, 0.2) is 20.2 Å². The molecule has 0 unspecified atom stereocenters. The summed E-state index contributed by atoms with van der Waals surface area (Å²) in [6.07, 6.45) is 0. The van der Waals surface area contributed by atoms with E-state index in [-0.39, 0.29) is 31.1 Å². The van der Waals surface area contributed by atoms with Gasteiger partial charge in [-0.2, -0.15) is 26.3 Å². The Morgan fingerprint density at radius 1 is 0.405 bits per heavy atom. The predicted octanol–water partition coefficient (Wildman–Crippen LogP) is 6.05. The zero-order valence-electron chi connectivity index (χ0n) is 22.0. The van der Waals surface area contributed by atoms with Crippen LogP contribution in [0.5, 0.6) is 0 Å². The molecule has 0 spiro atoms.